The smallest absolute Gasteiger partial charge is 0.323 e. The van der Waals surface area contributed by atoms with Gasteiger partial charge in [0, 0.05) is 10.7 Å². The minimum absolute atomic E-state index is 0.288. The number of hydrogen-bond donors (Lipinski definition) is 2. The summed E-state index contributed by atoms with van der Waals surface area (Å²) in [6.45, 7) is 1.84. The Morgan fingerprint density at radius 2 is 2.16 bits per heavy atom. The molecule has 3 rings (SSSR count). The molecular weight excluding hydrogens is 388 g/mol. The van der Waals surface area contributed by atoms with Crippen LogP contribution in [0.4, 0.5) is 10.6 Å². The Bertz CT molecular complexity index is 701. The molecule has 2 aliphatic rings. The first-order chi connectivity index (χ1) is 11.9. The zero-order chi connectivity index (χ0) is 18.0. The highest BCUT2D eigenvalue weighted by Gasteiger charge is 2.52. The number of nitrogens with zero attached hydrogens (tertiary/aromatic N) is 2. The lowest BCUT2D eigenvalue weighted by atomic mass is 9.75. The van der Waals surface area contributed by atoms with Crippen molar-refractivity contribution in [3.05, 3.63) is 22.8 Å². The molecule has 8 heteroatoms. The van der Waals surface area contributed by atoms with E-state index >= 15 is 0 Å². The van der Waals surface area contributed by atoms with E-state index in [1.807, 2.05) is 0 Å². The topological polar surface area (TPSA) is 91.4 Å². The van der Waals surface area contributed by atoms with Crippen molar-refractivity contribution in [3.63, 3.8) is 0 Å². The number of imide groups is 1. The summed E-state index contributed by atoms with van der Waals surface area (Å²) in [5.74, 6) is 0.234. The molecule has 2 N–H and O–H groups in total. The Morgan fingerprint density at radius 1 is 1.44 bits per heavy atom. The molecule has 0 bridgehead atoms. The molecule has 1 saturated heterocycles. The van der Waals surface area contributed by atoms with Crippen LogP contribution in [-0.2, 0) is 9.59 Å². The van der Waals surface area contributed by atoms with E-state index in [0.29, 0.717) is 24.6 Å². The monoisotopic (exact) mass is 408 g/mol. The predicted molar refractivity (Wildman–Crippen MR) is 95.8 cm³/mol. The SMILES string of the molecule is CCC1CCC2(CC1)NC(=O)N(CC(=O)Nc1cc(Br)ccn1)C2=O. The number of carbonyl (C=O) groups is 3. The summed E-state index contributed by atoms with van der Waals surface area (Å²) in [5.41, 5.74) is -0.822. The predicted octanol–water partition coefficient (Wildman–Crippen LogP) is 2.67. The Balaban J connectivity index is 1.64. The van der Waals surface area contributed by atoms with Crippen molar-refractivity contribution in [2.45, 2.75) is 44.6 Å². The van der Waals surface area contributed by atoms with Gasteiger partial charge in [0.25, 0.3) is 5.91 Å². The van der Waals surface area contributed by atoms with Crippen LogP contribution in [0.25, 0.3) is 0 Å². The molecule has 0 atom stereocenters. The second-order valence-corrected chi connectivity index (χ2v) is 7.58. The third-order valence-corrected chi connectivity index (χ3v) is 5.57. The molecule has 0 aromatic carbocycles. The van der Waals surface area contributed by atoms with Crippen LogP contribution in [-0.4, -0.2) is 39.8 Å². The van der Waals surface area contributed by atoms with Crippen LogP contribution >= 0.6 is 15.9 Å². The van der Waals surface area contributed by atoms with E-state index in [0.717, 1.165) is 28.6 Å². The van der Waals surface area contributed by atoms with E-state index in [4.69, 9.17) is 0 Å². The van der Waals surface area contributed by atoms with E-state index in [2.05, 4.69) is 38.5 Å². The molecular formula is C17H21BrN4O3. The van der Waals surface area contributed by atoms with Crippen LogP contribution in [0.15, 0.2) is 22.8 Å². The number of carbonyl (C=O) groups excluding carboxylic acids is 3. The molecule has 134 valence electrons. The molecule has 2 fully saturated rings. The van der Waals surface area contributed by atoms with E-state index in [-0.39, 0.29) is 12.5 Å². The molecule has 4 amide bonds. The van der Waals surface area contributed by atoms with Gasteiger partial charge in [0.15, 0.2) is 0 Å². The van der Waals surface area contributed by atoms with Crippen LogP contribution in [0.3, 0.4) is 0 Å². The number of anilines is 1. The number of aromatic nitrogens is 1. The minimum Gasteiger partial charge on any atom is -0.323 e. The maximum Gasteiger partial charge on any atom is 0.325 e. The number of amides is 4. The van der Waals surface area contributed by atoms with Gasteiger partial charge in [0.1, 0.15) is 17.9 Å². The fraction of sp³-hybridized carbons (Fsp3) is 0.529. The molecule has 1 saturated carbocycles. The largest absolute Gasteiger partial charge is 0.325 e. The number of nitrogens with one attached hydrogen (secondary N) is 2. The first kappa shape index (κ1) is 17.8. The van der Waals surface area contributed by atoms with E-state index in [1.165, 1.54) is 0 Å². The van der Waals surface area contributed by atoms with Gasteiger partial charge in [-0.2, -0.15) is 0 Å². The Kier molecular flexibility index (Phi) is 5.08. The van der Waals surface area contributed by atoms with Crippen LogP contribution < -0.4 is 10.6 Å². The highest BCUT2D eigenvalue weighted by molar-refractivity contribution is 9.10. The molecule has 1 aliphatic carbocycles. The summed E-state index contributed by atoms with van der Waals surface area (Å²) in [7, 11) is 0. The van der Waals surface area contributed by atoms with Crippen molar-refractivity contribution >= 4 is 39.6 Å². The molecule has 25 heavy (non-hydrogen) atoms. The third kappa shape index (κ3) is 3.68. The molecule has 0 unspecified atom stereocenters. The number of pyridine rings is 1. The quantitative estimate of drug-likeness (QED) is 0.749. The van der Waals surface area contributed by atoms with Crippen molar-refractivity contribution in [2.24, 2.45) is 5.92 Å². The summed E-state index contributed by atoms with van der Waals surface area (Å²) in [6.07, 6.45) is 5.76. The summed E-state index contributed by atoms with van der Waals surface area (Å²) >= 11 is 3.30. The fourth-order valence-corrected chi connectivity index (χ4v) is 3.87. The van der Waals surface area contributed by atoms with Gasteiger partial charge in [-0.3, -0.25) is 14.5 Å². The third-order valence-electron chi connectivity index (χ3n) is 5.07. The summed E-state index contributed by atoms with van der Waals surface area (Å²) in [5, 5.41) is 5.43. The molecule has 1 aromatic heterocycles. The van der Waals surface area contributed by atoms with Gasteiger partial charge in [0.05, 0.1) is 0 Å². The lowest BCUT2D eigenvalue weighted by Gasteiger charge is -2.34. The van der Waals surface area contributed by atoms with Gasteiger partial charge < -0.3 is 10.6 Å². The van der Waals surface area contributed by atoms with Gasteiger partial charge >= 0.3 is 6.03 Å². The average Bonchev–Trinajstić information content (AvgIpc) is 2.80. The van der Waals surface area contributed by atoms with E-state index in [9.17, 15) is 14.4 Å². The second-order valence-electron chi connectivity index (χ2n) is 6.66. The minimum atomic E-state index is -0.822. The maximum absolute atomic E-state index is 12.8. The van der Waals surface area contributed by atoms with E-state index in [1.54, 1.807) is 18.3 Å². The van der Waals surface area contributed by atoms with Gasteiger partial charge in [0.2, 0.25) is 5.91 Å². The molecule has 2 heterocycles. The first-order valence-electron chi connectivity index (χ1n) is 8.49. The zero-order valence-electron chi connectivity index (χ0n) is 14.0. The first-order valence-corrected chi connectivity index (χ1v) is 9.28. The summed E-state index contributed by atoms with van der Waals surface area (Å²) < 4.78 is 0.777. The standard InChI is InChI=1S/C17H21BrN4O3/c1-2-11-3-6-17(7-4-11)15(24)22(16(25)21-17)10-14(23)20-13-9-12(18)5-8-19-13/h5,8-9,11H,2-4,6-7,10H2,1H3,(H,21,25)(H,19,20,23). The lowest BCUT2D eigenvalue weighted by molar-refractivity contribution is -0.135. The van der Waals surface area contributed by atoms with Crippen LogP contribution in [0.5, 0.6) is 0 Å². The Hall–Kier alpha value is -1.96. The van der Waals surface area contributed by atoms with Crippen molar-refractivity contribution in [3.8, 4) is 0 Å². The Morgan fingerprint density at radius 3 is 2.80 bits per heavy atom. The summed E-state index contributed by atoms with van der Waals surface area (Å²) in [4.78, 5) is 42.3. The number of halogens is 1. The lowest BCUT2D eigenvalue weighted by Crippen LogP contribution is -2.49. The molecule has 7 nitrogen and oxygen atoms in total. The zero-order valence-corrected chi connectivity index (χ0v) is 15.6. The summed E-state index contributed by atoms with van der Waals surface area (Å²) in [6, 6.07) is 2.90. The van der Waals surface area contributed by atoms with Gasteiger partial charge in [-0.05, 0) is 43.7 Å². The van der Waals surface area contributed by atoms with Crippen molar-refractivity contribution in [2.75, 3.05) is 11.9 Å². The highest BCUT2D eigenvalue weighted by atomic mass is 79.9. The maximum atomic E-state index is 12.8. The van der Waals surface area contributed by atoms with Gasteiger partial charge in [-0.1, -0.05) is 29.3 Å². The number of rotatable bonds is 4. The van der Waals surface area contributed by atoms with Crippen molar-refractivity contribution < 1.29 is 14.4 Å². The van der Waals surface area contributed by atoms with Gasteiger partial charge in [-0.15, -0.1) is 0 Å². The Labute approximate surface area is 154 Å². The van der Waals surface area contributed by atoms with Crippen LogP contribution in [0, 0.1) is 5.92 Å². The second kappa shape index (κ2) is 7.11. The number of urea groups is 1. The van der Waals surface area contributed by atoms with Crippen LogP contribution in [0.1, 0.15) is 39.0 Å². The van der Waals surface area contributed by atoms with Crippen molar-refractivity contribution in [1.82, 2.24) is 15.2 Å². The van der Waals surface area contributed by atoms with Crippen molar-refractivity contribution in [1.29, 1.82) is 0 Å². The number of hydrogen-bond acceptors (Lipinski definition) is 4. The average molecular weight is 409 g/mol. The van der Waals surface area contributed by atoms with Crippen LogP contribution in [0.2, 0.25) is 0 Å². The molecule has 1 spiro atoms. The molecule has 0 radical (unpaired) electrons. The highest BCUT2D eigenvalue weighted by Crippen LogP contribution is 2.37. The molecule has 1 aliphatic heterocycles. The van der Waals surface area contributed by atoms with E-state index < -0.39 is 17.5 Å². The molecule has 1 aromatic rings. The normalized spacial score (nSPS) is 26.0. The van der Waals surface area contributed by atoms with Gasteiger partial charge in [-0.25, -0.2) is 9.78 Å². The fourth-order valence-electron chi connectivity index (χ4n) is 3.54.